The van der Waals surface area contributed by atoms with Crippen LogP contribution in [-0.4, -0.2) is 47.6 Å². The number of hydrogen-bond acceptors (Lipinski definition) is 4. The molecule has 0 aliphatic carbocycles. The van der Waals surface area contributed by atoms with Crippen LogP contribution in [0.4, 0.5) is 0 Å². The van der Waals surface area contributed by atoms with E-state index in [-0.39, 0.29) is 18.4 Å². The van der Waals surface area contributed by atoms with E-state index in [1.54, 1.807) is 29.2 Å². The smallest absolute Gasteiger partial charge is 0.253 e. The van der Waals surface area contributed by atoms with Crippen LogP contribution in [0.3, 0.4) is 0 Å². The van der Waals surface area contributed by atoms with Crippen molar-refractivity contribution < 1.29 is 14.7 Å². The van der Waals surface area contributed by atoms with Gasteiger partial charge in [-0.1, -0.05) is 0 Å². The molecule has 6 heteroatoms. The number of rotatable bonds is 1. The van der Waals surface area contributed by atoms with E-state index in [9.17, 15) is 14.7 Å². The molecule has 0 radical (unpaired) electrons. The molecular weight excluding hydrogens is 294 g/mol. The molecule has 6 nitrogen and oxygen atoms in total. The zero-order valence-corrected chi connectivity index (χ0v) is 12.8. The number of benzene rings is 1. The van der Waals surface area contributed by atoms with Gasteiger partial charge in [-0.25, -0.2) is 0 Å². The number of carbonyl (C=O) groups excluding carboxylic acids is 2. The number of nitrogens with zero attached hydrogens (tertiary/aromatic N) is 2. The van der Waals surface area contributed by atoms with Crippen molar-refractivity contribution in [1.29, 1.82) is 5.26 Å². The monoisotopic (exact) mass is 313 g/mol. The summed E-state index contributed by atoms with van der Waals surface area (Å²) < 4.78 is 0. The second kappa shape index (κ2) is 6.01. The van der Waals surface area contributed by atoms with Crippen LogP contribution in [0.15, 0.2) is 24.3 Å². The lowest BCUT2D eigenvalue weighted by Gasteiger charge is -2.46. The second-order valence-electron chi connectivity index (χ2n) is 6.24. The van der Waals surface area contributed by atoms with E-state index in [1.807, 2.05) is 6.07 Å². The fourth-order valence-electron chi connectivity index (χ4n) is 3.49. The number of nitrogens with one attached hydrogen (secondary N) is 1. The third kappa shape index (κ3) is 2.68. The molecule has 120 valence electrons. The molecular formula is C17H19N3O3. The summed E-state index contributed by atoms with van der Waals surface area (Å²) in [5.41, 5.74) is 0.101. The lowest BCUT2D eigenvalue weighted by molar-refractivity contribution is -0.147. The van der Waals surface area contributed by atoms with Gasteiger partial charge in [0.15, 0.2) is 0 Å². The van der Waals surface area contributed by atoms with Crippen LogP contribution in [0.5, 0.6) is 0 Å². The molecule has 0 saturated carbocycles. The van der Waals surface area contributed by atoms with E-state index in [0.29, 0.717) is 37.1 Å². The summed E-state index contributed by atoms with van der Waals surface area (Å²) in [5, 5.41) is 22.0. The lowest BCUT2D eigenvalue weighted by Crippen LogP contribution is -2.62. The van der Waals surface area contributed by atoms with Gasteiger partial charge in [-0.05, 0) is 43.5 Å². The van der Waals surface area contributed by atoms with Crippen molar-refractivity contribution in [3.8, 4) is 6.07 Å². The molecule has 1 aromatic carbocycles. The van der Waals surface area contributed by atoms with Crippen LogP contribution >= 0.6 is 0 Å². The van der Waals surface area contributed by atoms with Crippen LogP contribution in [-0.2, 0) is 4.79 Å². The number of hydrogen-bond donors (Lipinski definition) is 2. The summed E-state index contributed by atoms with van der Waals surface area (Å²) in [6, 6.07) is 8.48. The number of aliphatic hydroxyl groups is 1. The Balaban J connectivity index is 1.81. The molecule has 23 heavy (non-hydrogen) atoms. The Morgan fingerprint density at radius 2 is 2.13 bits per heavy atom. The third-order valence-corrected chi connectivity index (χ3v) is 4.87. The Hall–Kier alpha value is -2.39. The minimum atomic E-state index is -0.890. The minimum Gasteiger partial charge on any atom is -0.392 e. The highest BCUT2D eigenvalue weighted by atomic mass is 16.3. The Bertz CT molecular complexity index is 665. The Morgan fingerprint density at radius 3 is 2.78 bits per heavy atom. The van der Waals surface area contributed by atoms with Gasteiger partial charge >= 0.3 is 0 Å². The summed E-state index contributed by atoms with van der Waals surface area (Å²) in [7, 11) is 0. The molecule has 2 aliphatic rings. The molecule has 0 bridgehead atoms. The molecule has 2 heterocycles. The molecule has 0 unspecified atom stereocenters. The topological polar surface area (TPSA) is 93.4 Å². The summed E-state index contributed by atoms with van der Waals surface area (Å²) in [6.07, 6.45) is 1.08. The first-order chi connectivity index (χ1) is 11.1. The maximum Gasteiger partial charge on any atom is 0.253 e. The fourth-order valence-corrected chi connectivity index (χ4v) is 3.49. The summed E-state index contributed by atoms with van der Waals surface area (Å²) in [4.78, 5) is 26.6. The lowest BCUT2D eigenvalue weighted by atomic mass is 9.71. The summed E-state index contributed by atoms with van der Waals surface area (Å²) in [6.45, 7) is 1.28. The van der Waals surface area contributed by atoms with Gasteiger partial charge in [0, 0.05) is 25.2 Å². The SMILES string of the molecule is N#Cc1ccc(C(=O)N2CC[C@@H](O)[C@@]3(CCCNC3=O)C2)cc1. The van der Waals surface area contributed by atoms with Gasteiger partial charge < -0.3 is 15.3 Å². The minimum absolute atomic E-state index is 0.159. The van der Waals surface area contributed by atoms with E-state index in [0.717, 1.165) is 6.42 Å². The van der Waals surface area contributed by atoms with E-state index in [1.165, 1.54) is 0 Å². The summed E-state index contributed by atoms with van der Waals surface area (Å²) in [5.74, 6) is -0.326. The Labute approximate surface area is 134 Å². The fraction of sp³-hybridized carbons (Fsp3) is 0.471. The molecule has 2 amide bonds. The maximum atomic E-state index is 12.7. The molecule has 1 spiro atoms. The normalized spacial score (nSPS) is 27.4. The molecule has 0 aromatic heterocycles. The average molecular weight is 313 g/mol. The predicted octanol–water partition coefficient (Wildman–Crippen LogP) is 0.661. The van der Waals surface area contributed by atoms with Crippen molar-refractivity contribution in [2.24, 2.45) is 5.41 Å². The quantitative estimate of drug-likeness (QED) is 0.796. The van der Waals surface area contributed by atoms with E-state index in [2.05, 4.69) is 5.32 Å². The first-order valence-electron chi connectivity index (χ1n) is 7.83. The zero-order valence-electron chi connectivity index (χ0n) is 12.8. The third-order valence-electron chi connectivity index (χ3n) is 4.87. The molecule has 2 atom stereocenters. The van der Waals surface area contributed by atoms with Gasteiger partial charge in [0.2, 0.25) is 5.91 Å². The number of likely N-dealkylation sites (tertiary alicyclic amines) is 1. The van der Waals surface area contributed by atoms with Crippen molar-refractivity contribution in [3.63, 3.8) is 0 Å². The average Bonchev–Trinajstić information content (AvgIpc) is 2.59. The molecule has 2 saturated heterocycles. The van der Waals surface area contributed by atoms with E-state index < -0.39 is 11.5 Å². The van der Waals surface area contributed by atoms with Crippen LogP contribution in [0.25, 0.3) is 0 Å². The largest absolute Gasteiger partial charge is 0.392 e. The highest BCUT2D eigenvalue weighted by Gasteiger charge is 2.50. The highest BCUT2D eigenvalue weighted by Crippen LogP contribution is 2.37. The van der Waals surface area contributed by atoms with E-state index >= 15 is 0 Å². The standard InChI is InChI=1S/C17H19N3O3/c18-10-12-2-4-13(5-3-12)15(22)20-9-6-14(21)17(11-20)7-1-8-19-16(17)23/h2-5,14,21H,1,6-9,11H2,(H,19,23)/t14-,17-/m1/s1. The van der Waals surface area contributed by atoms with Gasteiger partial charge in [0.1, 0.15) is 0 Å². The molecule has 2 aliphatic heterocycles. The Kier molecular flexibility index (Phi) is 4.05. The van der Waals surface area contributed by atoms with Crippen LogP contribution < -0.4 is 5.32 Å². The van der Waals surface area contributed by atoms with Crippen molar-refractivity contribution in [1.82, 2.24) is 10.2 Å². The first kappa shape index (κ1) is 15.5. The van der Waals surface area contributed by atoms with Crippen molar-refractivity contribution >= 4 is 11.8 Å². The van der Waals surface area contributed by atoms with Crippen molar-refractivity contribution in [2.45, 2.75) is 25.4 Å². The van der Waals surface area contributed by atoms with Gasteiger partial charge in [-0.2, -0.15) is 5.26 Å². The van der Waals surface area contributed by atoms with Crippen molar-refractivity contribution in [2.75, 3.05) is 19.6 Å². The van der Waals surface area contributed by atoms with Gasteiger partial charge in [-0.15, -0.1) is 0 Å². The van der Waals surface area contributed by atoms with Gasteiger partial charge in [0.05, 0.1) is 23.2 Å². The molecule has 2 fully saturated rings. The number of carbonyl (C=O) groups is 2. The van der Waals surface area contributed by atoms with Crippen LogP contribution in [0.1, 0.15) is 35.2 Å². The van der Waals surface area contributed by atoms with Crippen molar-refractivity contribution in [3.05, 3.63) is 35.4 Å². The van der Waals surface area contributed by atoms with E-state index in [4.69, 9.17) is 5.26 Å². The number of aliphatic hydroxyl groups excluding tert-OH is 1. The maximum absolute atomic E-state index is 12.7. The number of amides is 2. The van der Waals surface area contributed by atoms with Gasteiger partial charge in [-0.3, -0.25) is 9.59 Å². The predicted molar refractivity (Wildman–Crippen MR) is 82.4 cm³/mol. The molecule has 2 N–H and O–H groups in total. The van der Waals surface area contributed by atoms with Crippen LogP contribution in [0.2, 0.25) is 0 Å². The summed E-state index contributed by atoms with van der Waals surface area (Å²) >= 11 is 0. The number of piperidine rings is 2. The van der Waals surface area contributed by atoms with Crippen LogP contribution in [0, 0.1) is 16.7 Å². The second-order valence-corrected chi connectivity index (χ2v) is 6.24. The Morgan fingerprint density at radius 1 is 1.39 bits per heavy atom. The number of nitriles is 1. The zero-order chi connectivity index (χ0) is 16.4. The van der Waals surface area contributed by atoms with Gasteiger partial charge in [0.25, 0.3) is 5.91 Å². The molecule has 3 rings (SSSR count). The molecule has 1 aromatic rings. The first-order valence-corrected chi connectivity index (χ1v) is 7.83. The highest BCUT2D eigenvalue weighted by molar-refractivity contribution is 5.95.